The molecule has 0 bridgehead atoms. The molecule has 0 aliphatic rings. The number of Topliss-reactive ketones (excluding diaryl/α,β-unsaturated/α-hetero) is 1. The van der Waals surface area contributed by atoms with Crippen LogP contribution in [0.3, 0.4) is 0 Å². The van der Waals surface area contributed by atoms with Gasteiger partial charge in [-0.2, -0.15) is 0 Å². The molecule has 5 N–H and O–H groups in total. The number of nitrogens with one attached hydrogen (secondary N) is 1. The second-order valence-electron chi connectivity index (χ2n) is 7.72. The number of carbonyl (C=O) groups is 4. The Morgan fingerprint density at radius 3 is 2.35 bits per heavy atom. The number of esters is 1. The Bertz CT molecular complexity index is 723. The van der Waals surface area contributed by atoms with Crippen molar-refractivity contribution in [3.05, 3.63) is 35.9 Å². The van der Waals surface area contributed by atoms with Crippen molar-refractivity contribution in [3.8, 4) is 0 Å². The van der Waals surface area contributed by atoms with Crippen LogP contribution in [0.4, 0.5) is 0 Å². The topological polar surface area (TPSA) is 151 Å². The largest absolute Gasteiger partial charge is 0.459 e. The van der Waals surface area contributed by atoms with Gasteiger partial charge in [0.05, 0.1) is 18.7 Å². The summed E-state index contributed by atoms with van der Waals surface area (Å²) in [5, 5.41) is 2.60. The normalized spacial score (nSPS) is 12.8. The molecule has 0 aliphatic carbocycles. The van der Waals surface area contributed by atoms with Gasteiger partial charge in [-0.1, -0.05) is 44.2 Å². The number of benzene rings is 1. The van der Waals surface area contributed by atoms with Crippen LogP contribution in [0.15, 0.2) is 30.3 Å². The standard InChI is InChI=1S/C22H33N3O6/c1-15(2)12-17(23)22(29)25-18(8-9-20(24)27)19(26)10-11-30-14-21(28)31-13-16-6-4-3-5-7-16/h3-7,15,17-18H,8-14,23H2,1-2H3,(H2,24,27)(H,25,29)/t17-,18-/m0/s1. The van der Waals surface area contributed by atoms with E-state index in [0.29, 0.717) is 6.42 Å². The van der Waals surface area contributed by atoms with E-state index in [2.05, 4.69) is 5.32 Å². The Labute approximate surface area is 182 Å². The van der Waals surface area contributed by atoms with E-state index in [-0.39, 0.29) is 50.8 Å². The summed E-state index contributed by atoms with van der Waals surface area (Å²) in [6.07, 6.45) is 0.446. The highest BCUT2D eigenvalue weighted by Gasteiger charge is 2.24. The second-order valence-corrected chi connectivity index (χ2v) is 7.72. The summed E-state index contributed by atoms with van der Waals surface area (Å²) >= 11 is 0. The molecular weight excluding hydrogens is 402 g/mol. The summed E-state index contributed by atoms with van der Waals surface area (Å²) in [4.78, 5) is 47.6. The molecule has 0 spiro atoms. The molecule has 1 aromatic rings. The van der Waals surface area contributed by atoms with Crippen molar-refractivity contribution in [2.24, 2.45) is 17.4 Å². The first-order valence-electron chi connectivity index (χ1n) is 10.3. The molecule has 9 heteroatoms. The predicted molar refractivity (Wildman–Crippen MR) is 114 cm³/mol. The van der Waals surface area contributed by atoms with Gasteiger partial charge < -0.3 is 26.3 Å². The maximum absolute atomic E-state index is 12.5. The molecule has 0 fully saturated rings. The van der Waals surface area contributed by atoms with Crippen molar-refractivity contribution in [1.82, 2.24) is 5.32 Å². The minimum Gasteiger partial charge on any atom is -0.459 e. The molecule has 2 atom stereocenters. The average Bonchev–Trinajstić information content (AvgIpc) is 2.72. The predicted octanol–water partition coefficient (Wildman–Crippen LogP) is 0.829. The smallest absolute Gasteiger partial charge is 0.332 e. The monoisotopic (exact) mass is 435 g/mol. The van der Waals surface area contributed by atoms with Gasteiger partial charge in [0, 0.05) is 12.8 Å². The lowest BCUT2D eigenvalue weighted by Gasteiger charge is -2.20. The second kappa shape index (κ2) is 14.3. The number of nitrogens with two attached hydrogens (primary N) is 2. The van der Waals surface area contributed by atoms with Crippen LogP contribution in [0.5, 0.6) is 0 Å². The maximum atomic E-state index is 12.5. The van der Waals surface area contributed by atoms with Crippen LogP contribution in [-0.4, -0.2) is 48.9 Å². The zero-order chi connectivity index (χ0) is 23.2. The summed E-state index contributed by atoms with van der Waals surface area (Å²) in [7, 11) is 0. The van der Waals surface area contributed by atoms with Gasteiger partial charge in [-0.05, 0) is 24.3 Å². The van der Waals surface area contributed by atoms with Crippen LogP contribution in [0.2, 0.25) is 0 Å². The average molecular weight is 436 g/mol. The Balaban J connectivity index is 2.42. The fourth-order valence-electron chi connectivity index (χ4n) is 2.78. The number of rotatable bonds is 15. The van der Waals surface area contributed by atoms with E-state index in [1.54, 1.807) is 0 Å². The molecule has 1 aromatic carbocycles. The minimum absolute atomic E-state index is 0.0275. The third-order valence-electron chi connectivity index (χ3n) is 4.40. The first-order chi connectivity index (χ1) is 14.7. The van der Waals surface area contributed by atoms with Gasteiger partial charge in [-0.25, -0.2) is 4.79 Å². The molecule has 2 amide bonds. The van der Waals surface area contributed by atoms with Gasteiger partial charge in [0.2, 0.25) is 11.8 Å². The minimum atomic E-state index is -0.896. The number of hydrogen-bond donors (Lipinski definition) is 3. The van der Waals surface area contributed by atoms with Crippen LogP contribution in [0.25, 0.3) is 0 Å². The first-order valence-corrected chi connectivity index (χ1v) is 10.3. The molecule has 0 aromatic heterocycles. The molecule has 1 rings (SSSR count). The molecule has 31 heavy (non-hydrogen) atoms. The van der Waals surface area contributed by atoms with Crippen molar-refractivity contribution in [2.75, 3.05) is 13.2 Å². The zero-order valence-corrected chi connectivity index (χ0v) is 18.2. The Morgan fingerprint density at radius 2 is 1.74 bits per heavy atom. The molecule has 0 saturated carbocycles. The summed E-state index contributed by atoms with van der Waals surface area (Å²) in [6, 6.07) is 7.57. The van der Waals surface area contributed by atoms with Crippen LogP contribution < -0.4 is 16.8 Å². The number of carbonyl (C=O) groups excluding carboxylic acids is 4. The fraction of sp³-hybridized carbons (Fsp3) is 0.545. The van der Waals surface area contributed by atoms with E-state index in [1.807, 2.05) is 44.2 Å². The number of ether oxygens (including phenoxy) is 2. The number of ketones is 1. The quantitative estimate of drug-likeness (QED) is 0.273. The molecule has 0 unspecified atom stereocenters. The van der Waals surface area contributed by atoms with Crippen LogP contribution >= 0.6 is 0 Å². The molecule has 0 aliphatic heterocycles. The van der Waals surface area contributed by atoms with Gasteiger partial charge in [0.25, 0.3) is 0 Å². The molecule has 0 radical (unpaired) electrons. The zero-order valence-electron chi connectivity index (χ0n) is 18.2. The van der Waals surface area contributed by atoms with E-state index in [9.17, 15) is 19.2 Å². The van der Waals surface area contributed by atoms with Crippen molar-refractivity contribution in [2.45, 2.75) is 58.2 Å². The van der Waals surface area contributed by atoms with Crippen LogP contribution in [-0.2, 0) is 35.3 Å². The Kier molecular flexibility index (Phi) is 12.1. The highest BCUT2D eigenvalue weighted by atomic mass is 16.6. The summed E-state index contributed by atoms with van der Waals surface area (Å²) in [5.74, 6) is -1.69. The lowest BCUT2D eigenvalue weighted by Crippen LogP contribution is -2.49. The Morgan fingerprint density at radius 1 is 1.06 bits per heavy atom. The molecular formula is C22H33N3O6. The number of amides is 2. The van der Waals surface area contributed by atoms with Crippen LogP contribution in [0.1, 0.15) is 45.1 Å². The van der Waals surface area contributed by atoms with Gasteiger partial charge in [-0.15, -0.1) is 0 Å². The molecule has 0 saturated heterocycles. The maximum Gasteiger partial charge on any atom is 0.332 e. The van der Waals surface area contributed by atoms with Gasteiger partial charge >= 0.3 is 5.97 Å². The molecule has 9 nitrogen and oxygen atoms in total. The summed E-state index contributed by atoms with van der Waals surface area (Å²) in [6.45, 7) is 3.69. The molecule has 172 valence electrons. The van der Waals surface area contributed by atoms with E-state index in [0.717, 1.165) is 5.56 Å². The molecule has 0 heterocycles. The lowest BCUT2D eigenvalue weighted by molar-refractivity contribution is -0.150. The SMILES string of the molecule is CC(C)C[C@H](N)C(=O)N[C@@H](CCC(N)=O)C(=O)CCOCC(=O)OCc1ccccc1. The van der Waals surface area contributed by atoms with E-state index in [4.69, 9.17) is 20.9 Å². The van der Waals surface area contributed by atoms with Gasteiger partial charge in [0.1, 0.15) is 13.2 Å². The van der Waals surface area contributed by atoms with Crippen LogP contribution in [0, 0.1) is 5.92 Å². The van der Waals surface area contributed by atoms with Crippen molar-refractivity contribution in [1.29, 1.82) is 0 Å². The first kappa shape index (κ1) is 26.3. The van der Waals surface area contributed by atoms with E-state index in [1.165, 1.54) is 0 Å². The van der Waals surface area contributed by atoms with E-state index >= 15 is 0 Å². The number of hydrogen-bond acceptors (Lipinski definition) is 7. The highest BCUT2D eigenvalue weighted by molar-refractivity contribution is 5.91. The lowest BCUT2D eigenvalue weighted by atomic mass is 10.0. The third kappa shape index (κ3) is 11.9. The fourth-order valence-corrected chi connectivity index (χ4v) is 2.78. The van der Waals surface area contributed by atoms with Crippen molar-refractivity contribution >= 4 is 23.6 Å². The van der Waals surface area contributed by atoms with Gasteiger partial charge in [-0.3, -0.25) is 14.4 Å². The van der Waals surface area contributed by atoms with Gasteiger partial charge in [0.15, 0.2) is 5.78 Å². The third-order valence-corrected chi connectivity index (χ3v) is 4.40. The van der Waals surface area contributed by atoms with Crippen molar-refractivity contribution in [3.63, 3.8) is 0 Å². The van der Waals surface area contributed by atoms with Crippen molar-refractivity contribution < 1.29 is 28.7 Å². The summed E-state index contributed by atoms with van der Waals surface area (Å²) < 4.78 is 10.3. The number of primary amides is 1. The highest BCUT2D eigenvalue weighted by Crippen LogP contribution is 2.07. The summed E-state index contributed by atoms with van der Waals surface area (Å²) in [5.41, 5.74) is 11.9. The van der Waals surface area contributed by atoms with E-state index < -0.39 is 29.9 Å². The Hall–Kier alpha value is -2.78.